The lowest BCUT2D eigenvalue weighted by Gasteiger charge is -2.37. The summed E-state index contributed by atoms with van der Waals surface area (Å²) in [5, 5.41) is 0. The molecule has 7 aromatic rings. The second-order valence-electron chi connectivity index (χ2n) is 17.6. The first kappa shape index (κ1) is 35.5. The molecular formula is C58H47N. The van der Waals surface area contributed by atoms with E-state index in [9.17, 15) is 0 Å². The third kappa shape index (κ3) is 5.45. The monoisotopic (exact) mass is 757 g/mol. The number of anilines is 3. The topological polar surface area (TPSA) is 3.24 Å². The molecule has 284 valence electrons. The van der Waals surface area contributed by atoms with Gasteiger partial charge in [0.2, 0.25) is 0 Å². The van der Waals surface area contributed by atoms with E-state index in [-0.39, 0.29) is 22.7 Å². The Morgan fingerprint density at radius 1 is 0.458 bits per heavy atom. The van der Waals surface area contributed by atoms with Crippen LogP contribution >= 0.6 is 0 Å². The predicted octanol–water partition coefficient (Wildman–Crippen LogP) is 15.3. The van der Waals surface area contributed by atoms with E-state index in [2.05, 4.69) is 233 Å². The van der Waals surface area contributed by atoms with Crippen LogP contribution in [0.2, 0.25) is 0 Å². The number of rotatable bonds is 6. The molecule has 0 saturated carbocycles. The number of benzene rings is 7. The van der Waals surface area contributed by atoms with Crippen LogP contribution in [0.5, 0.6) is 0 Å². The van der Waals surface area contributed by atoms with Crippen LogP contribution in [0.4, 0.5) is 17.1 Å². The van der Waals surface area contributed by atoms with Crippen LogP contribution in [-0.2, 0) is 10.8 Å². The molecule has 7 aromatic carbocycles. The molecule has 0 N–H and O–H groups in total. The Morgan fingerprint density at radius 2 is 1.08 bits per heavy atom. The molecule has 0 bridgehead atoms. The Hall–Kier alpha value is -6.70. The maximum absolute atomic E-state index is 2.55. The quantitative estimate of drug-likeness (QED) is 0.163. The molecule has 0 amide bonds. The molecule has 59 heavy (non-hydrogen) atoms. The van der Waals surface area contributed by atoms with Crippen molar-refractivity contribution in [2.45, 2.75) is 44.4 Å². The predicted molar refractivity (Wildman–Crippen MR) is 249 cm³/mol. The SMILES string of the molecule is CC1(C)c2ccccc2-c2ccc(-c3ccc(N(c4ccccc4C4C=CC=C5C=CC=C(c6ccccc6)C54)c4cccc5c4-c4ccccc4C5(C)C)cc3)cc21. The molecule has 0 radical (unpaired) electrons. The highest BCUT2D eigenvalue weighted by Gasteiger charge is 2.39. The lowest BCUT2D eigenvalue weighted by molar-refractivity contribution is 0.660. The molecular weight excluding hydrogens is 711 g/mol. The van der Waals surface area contributed by atoms with Crippen LogP contribution < -0.4 is 4.90 Å². The van der Waals surface area contributed by atoms with E-state index in [1.807, 2.05) is 0 Å². The van der Waals surface area contributed by atoms with Gasteiger partial charge in [0.25, 0.3) is 0 Å². The zero-order valence-electron chi connectivity index (χ0n) is 34.2. The fourth-order valence-corrected chi connectivity index (χ4v) is 10.8. The summed E-state index contributed by atoms with van der Waals surface area (Å²) >= 11 is 0. The largest absolute Gasteiger partial charge is 0.310 e. The van der Waals surface area contributed by atoms with E-state index in [0.717, 1.165) is 5.69 Å². The van der Waals surface area contributed by atoms with Crippen LogP contribution in [0, 0.1) is 5.92 Å². The van der Waals surface area contributed by atoms with Gasteiger partial charge in [-0.05, 0) is 103 Å². The molecule has 4 aliphatic carbocycles. The molecule has 11 rings (SSSR count). The molecule has 4 aliphatic rings. The van der Waals surface area contributed by atoms with Crippen molar-refractivity contribution in [1.29, 1.82) is 0 Å². The third-order valence-corrected chi connectivity index (χ3v) is 13.7. The highest BCUT2D eigenvalue weighted by molar-refractivity contribution is 5.96. The van der Waals surface area contributed by atoms with Crippen LogP contribution in [0.1, 0.15) is 67.0 Å². The van der Waals surface area contributed by atoms with Crippen molar-refractivity contribution in [2.75, 3.05) is 4.90 Å². The molecule has 0 aliphatic heterocycles. The number of fused-ring (bicyclic) bond motifs is 7. The van der Waals surface area contributed by atoms with Crippen molar-refractivity contribution in [2.24, 2.45) is 5.92 Å². The van der Waals surface area contributed by atoms with Crippen molar-refractivity contribution in [3.63, 3.8) is 0 Å². The third-order valence-electron chi connectivity index (χ3n) is 13.7. The minimum Gasteiger partial charge on any atom is -0.310 e. The fourth-order valence-electron chi connectivity index (χ4n) is 10.8. The van der Waals surface area contributed by atoms with Gasteiger partial charge in [0.15, 0.2) is 0 Å². The molecule has 2 atom stereocenters. The summed E-state index contributed by atoms with van der Waals surface area (Å²) in [5.41, 5.74) is 22.0. The first-order valence-corrected chi connectivity index (χ1v) is 21.1. The van der Waals surface area contributed by atoms with Gasteiger partial charge in [0.1, 0.15) is 0 Å². The van der Waals surface area contributed by atoms with Gasteiger partial charge in [-0.15, -0.1) is 0 Å². The number of nitrogens with zero attached hydrogens (tertiary/aromatic N) is 1. The summed E-state index contributed by atoms with van der Waals surface area (Å²) in [6.45, 7) is 9.47. The second-order valence-corrected chi connectivity index (χ2v) is 17.6. The zero-order valence-corrected chi connectivity index (χ0v) is 34.2. The summed E-state index contributed by atoms with van der Waals surface area (Å²) in [6.07, 6.45) is 13.8. The minimum atomic E-state index is -0.117. The molecule has 0 heterocycles. The van der Waals surface area contributed by atoms with Crippen molar-refractivity contribution in [3.8, 4) is 33.4 Å². The van der Waals surface area contributed by atoms with Gasteiger partial charge in [-0.2, -0.15) is 0 Å². The van der Waals surface area contributed by atoms with Crippen molar-refractivity contribution in [1.82, 2.24) is 0 Å². The number of hydrogen-bond donors (Lipinski definition) is 0. The van der Waals surface area contributed by atoms with Crippen LogP contribution in [0.3, 0.4) is 0 Å². The van der Waals surface area contributed by atoms with E-state index in [1.54, 1.807) is 0 Å². The van der Waals surface area contributed by atoms with Gasteiger partial charge in [0.05, 0.1) is 5.69 Å². The van der Waals surface area contributed by atoms with Gasteiger partial charge < -0.3 is 4.90 Å². The molecule has 1 heteroatoms. The van der Waals surface area contributed by atoms with Gasteiger partial charge in [-0.1, -0.05) is 198 Å². The zero-order chi connectivity index (χ0) is 39.9. The minimum absolute atomic E-state index is 0.0492. The molecule has 0 spiro atoms. The van der Waals surface area contributed by atoms with Gasteiger partial charge in [0, 0.05) is 39.6 Å². The summed E-state index contributed by atoms with van der Waals surface area (Å²) < 4.78 is 0. The highest BCUT2D eigenvalue weighted by Crippen LogP contribution is 2.56. The number of allylic oxidation sites excluding steroid dienone is 8. The molecule has 2 unspecified atom stereocenters. The summed E-state index contributed by atoms with van der Waals surface area (Å²) in [6, 6.07) is 61.3. The molecule has 0 aromatic heterocycles. The Bertz CT molecular complexity index is 2930. The number of hydrogen-bond acceptors (Lipinski definition) is 1. The highest BCUT2D eigenvalue weighted by atomic mass is 15.1. The van der Waals surface area contributed by atoms with Crippen molar-refractivity contribution < 1.29 is 0 Å². The lowest BCUT2D eigenvalue weighted by atomic mass is 9.70. The molecule has 1 nitrogen and oxygen atoms in total. The van der Waals surface area contributed by atoms with Crippen LogP contribution in [0.15, 0.2) is 206 Å². The van der Waals surface area contributed by atoms with E-state index in [4.69, 9.17) is 0 Å². The first-order valence-electron chi connectivity index (χ1n) is 21.1. The number of para-hydroxylation sites is 1. The van der Waals surface area contributed by atoms with E-state index in [0.29, 0.717) is 0 Å². The maximum atomic E-state index is 2.55. The van der Waals surface area contributed by atoms with Crippen molar-refractivity contribution >= 4 is 22.6 Å². The Balaban J connectivity index is 1.08. The summed E-state index contributed by atoms with van der Waals surface area (Å²) in [4.78, 5) is 2.55. The lowest BCUT2D eigenvalue weighted by Crippen LogP contribution is -2.22. The average Bonchev–Trinajstić information content (AvgIpc) is 3.66. The standard InChI is InChI=1S/C58H47N/c1-57(2)50-27-12-9-23-48(50)56-51(57)28-16-30-54(56)59(42-34-31-38(32-35-42)41-33-36-45-44-21-8-11-26-49(44)58(3,4)52(45)37-41)53-29-13-10-22-46(53)47-25-15-20-40-19-14-24-43(55(40)47)39-17-6-5-7-18-39/h5-37,47,55H,1-4H3. The fraction of sp³-hybridized carbons (Fsp3) is 0.138. The van der Waals surface area contributed by atoms with E-state index < -0.39 is 0 Å². The normalized spacial score (nSPS) is 18.5. The Labute approximate surface area is 349 Å². The maximum Gasteiger partial charge on any atom is 0.0543 e. The van der Waals surface area contributed by atoms with Crippen LogP contribution in [0.25, 0.3) is 39.0 Å². The van der Waals surface area contributed by atoms with E-state index >= 15 is 0 Å². The van der Waals surface area contributed by atoms with Gasteiger partial charge in [-0.3, -0.25) is 0 Å². The average molecular weight is 758 g/mol. The van der Waals surface area contributed by atoms with Crippen molar-refractivity contribution in [3.05, 3.63) is 239 Å². The molecule has 0 saturated heterocycles. The van der Waals surface area contributed by atoms with E-state index in [1.165, 1.54) is 89.3 Å². The summed E-state index contributed by atoms with van der Waals surface area (Å²) in [5.74, 6) is 0.317. The smallest absolute Gasteiger partial charge is 0.0543 e. The summed E-state index contributed by atoms with van der Waals surface area (Å²) in [7, 11) is 0. The Morgan fingerprint density at radius 3 is 1.90 bits per heavy atom. The van der Waals surface area contributed by atoms with Gasteiger partial charge >= 0.3 is 0 Å². The van der Waals surface area contributed by atoms with Gasteiger partial charge in [-0.25, -0.2) is 0 Å². The van der Waals surface area contributed by atoms with Crippen LogP contribution in [-0.4, -0.2) is 0 Å². The second kappa shape index (κ2) is 13.4. The molecule has 0 fully saturated rings. The first-order chi connectivity index (χ1) is 28.8. The Kier molecular flexibility index (Phi) is 8.07.